The number of ether oxygens (including phenoxy) is 2. The Hall–Kier alpha value is -3.10. The van der Waals surface area contributed by atoms with E-state index in [4.69, 9.17) is 9.47 Å². The zero-order valence-corrected chi connectivity index (χ0v) is 13.7. The number of nitro benzene ring substituents is 1. The molecule has 0 radical (unpaired) electrons. The Morgan fingerprint density at radius 3 is 2.54 bits per heavy atom. The van der Waals surface area contributed by atoms with E-state index in [2.05, 4.69) is 4.99 Å². The molecule has 2 aromatic carbocycles. The van der Waals surface area contributed by atoms with E-state index >= 15 is 0 Å². The number of nitro groups is 1. The number of aliphatic imine (C=N–C) groups is 1. The predicted octanol–water partition coefficient (Wildman–Crippen LogP) is 4.85. The van der Waals surface area contributed by atoms with E-state index in [1.807, 2.05) is 0 Å². The highest BCUT2D eigenvalue weighted by molar-refractivity contribution is 5.71. The molecular formula is C17H15F3N2O4. The minimum absolute atomic E-state index is 0.0160. The van der Waals surface area contributed by atoms with E-state index in [0.29, 0.717) is 5.56 Å². The summed E-state index contributed by atoms with van der Waals surface area (Å²) in [5.74, 6) is 0. The summed E-state index contributed by atoms with van der Waals surface area (Å²) >= 11 is 0. The number of hydrogen-bond donors (Lipinski definition) is 0. The highest BCUT2D eigenvalue weighted by Gasteiger charge is 2.30. The summed E-state index contributed by atoms with van der Waals surface area (Å²) in [5, 5.41) is 10.8. The molecule has 6 nitrogen and oxygen atoms in total. The van der Waals surface area contributed by atoms with Gasteiger partial charge in [-0.25, -0.2) is 0 Å². The van der Waals surface area contributed by atoms with Crippen LogP contribution in [0.2, 0.25) is 0 Å². The monoisotopic (exact) mass is 368 g/mol. The normalized spacial score (nSPS) is 11.9. The number of non-ortho nitro benzene ring substituents is 1. The van der Waals surface area contributed by atoms with Crippen molar-refractivity contribution in [3.63, 3.8) is 0 Å². The zero-order chi connectivity index (χ0) is 19.2. The van der Waals surface area contributed by atoms with E-state index in [1.54, 1.807) is 13.0 Å². The molecule has 0 bridgehead atoms. The van der Waals surface area contributed by atoms with E-state index in [-0.39, 0.29) is 30.7 Å². The summed E-state index contributed by atoms with van der Waals surface area (Å²) in [5.41, 5.74) is -0.426. The number of benzene rings is 2. The number of halogens is 3. The molecule has 2 aromatic rings. The standard InChI is InChI=1S/C17H15F3N2O4/c1-2-25-16(21-14-7-4-6-13(10-14)17(18,19)20)26-11-12-5-3-8-15(9-12)22(23)24/h3-10H,2,11H2,1H3. The van der Waals surface area contributed by atoms with Crippen LogP contribution in [0, 0.1) is 10.1 Å². The molecule has 2 rings (SSSR count). The molecule has 138 valence electrons. The summed E-state index contributed by atoms with van der Waals surface area (Å²) < 4.78 is 48.8. The predicted molar refractivity (Wildman–Crippen MR) is 88.1 cm³/mol. The van der Waals surface area contributed by atoms with E-state index in [9.17, 15) is 23.3 Å². The molecule has 0 amide bonds. The molecule has 0 spiro atoms. The van der Waals surface area contributed by atoms with Gasteiger partial charge in [0.2, 0.25) is 0 Å². The molecule has 0 fully saturated rings. The number of rotatable bonds is 5. The minimum atomic E-state index is -4.48. The van der Waals surface area contributed by atoms with Gasteiger partial charge in [0.1, 0.15) is 6.61 Å². The maximum absolute atomic E-state index is 12.8. The van der Waals surface area contributed by atoms with Crippen LogP contribution in [0.1, 0.15) is 18.1 Å². The van der Waals surface area contributed by atoms with Gasteiger partial charge >= 0.3 is 12.3 Å². The van der Waals surface area contributed by atoms with E-state index in [0.717, 1.165) is 12.1 Å². The minimum Gasteiger partial charge on any atom is -0.451 e. The lowest BCUT2D eigenvalue weighted by atomic mass is 10.2. The van der Waals surface area contributed by atoms with Crippen molar-refractivity contribution in [1.29, 1.82) is 0 Å². The molecule has 0 N–H and O–H groups in total. The number of nitrogens with zero attached hydrogens (tertiary/aromatic N) is 2. The highest BCUT2D eigenvalue weighted by Crippen LogP contribution is 2.31. The van der Waals surface area contributed by atoms with Gasteiger partial charge < -0.3 is 9.47 Å². The van der Waals surface area contributed by atoms with Gasteiger partial charge in [0, 0.05) is 12.1 Å². The van der Waals surface area contributed by atoms with Crippen molar-refractivity contribution >= 4 is 17.5 Å². The second-order valence-electron chi connectivity index (χ2n) is 5.07. The molecule has 0 atom stereocenters. The van der Waals surface area contributed by atoms with E-state index < -0.39 is 16.7 Å². The topological polar surface area (TPSA) is 74.0 Å². The first kappa shape index (κ1) is 19.2. The lowest BCUT2D eigenvalue weighted by Crippen LogP contribution is -2.10. The summed E-state index contributed by atoms with van der Waals surface area (Å²) in [4.78, 5) is 14.2. The fourth-order valence-corrected chi connectivity index (χ4v) is 1.99. The maximum Gasteiger partial charge on any atom is 0.416 e. The quantitative estimate of drug-likeness (QED) is 0.327. The molecule has 0 aromatic heterocycles. The lowest BCUT2D eigenvalue weighted by Gasteiger charge is -2.10. The van der Waals surface area contributed by atoms with Crippen LogP contribution in [0.25, 0.3) is 0 Å². The van der Waals surface area contributed by atoms with Crippen LogP contribution >= 0.6 is 0 Å². The van der Waals surface area contributed by atoms with E-state index in [1.165, 1.54) is 30.3 Å². The molecule has 26 heavy (non-hydrogen) atoms. The van der Waals surface area contributed by atoms with Crippen LogP contribution in [-0.4, -0.2) is 17.6 Å². The first-order valence-electron chi connectivity index (χ1n) is 7.54. The van der Waals surface area contributed by atoms with Crippen LogP contribution in [0.15, 0.2) is 53.5 Å². The van der Waals surface area contributed by atoms with Crippen molar-refractivity contribution in [3.05, 3.63) is 69.8 Å². The van der Waals surface area contributed by atoms with Gasteiger partial charge in [0.25, 0.3) is 5.69 Å². The van der Waals surface area contributed by atoms with Gasteiger partial charge in [-0.3, -0.25) is 10.1 Å². The second-order valence-corrected chi connectivity index (χ2v) is 5.07. The molecular weight excluding hydrogens is 353 g/mol. The smallest absolute Gasteiger partial charge is 0.416 e. The fourth-order valence-electron chi connectivity index (χ4n) is 1.99. The van der Waals surface area contributed by atoms with Crippen LogP contribution in [-0.2, 0) is 22.3 Å². The Morgan fingerprint density at radius 1 is 1.15 bits per heavy atom. The third kappa shape index (κ3) is 5.47. The molecule has 9 heteroatoms. The van der Waals surface area contributed by atoms with Crippen LogP contribution in [0.3, 0.4) is 0 Å². The van der Waals surface area contributed by atoms with Crippen molar-refractivity contribution in [2.75, 3.05) is 6.61 Å². The van der Waals surface area contributed by atoms with Crippen LogP contribution in [0.5, 0.6) is 0 Å². The average Bonchev–Trinajstić information content (AvgIpc) is 2.59. The first-order valence-corrected chi connectivity index (χ1v) is 7.54. The summed E-state index contributed by atoms with van der Waals surface area (Å²) in [6, 6.07) is 10.2. The Bertz CT molecular complexity index is 807. The van der Waals surface area contributed by atoms with Crippen molar-refractivity contribution < 1.29 is 27.6 Å². The van der Waals surface area contributed by atoms with Crippen molar-refractivity contribution in [2.24, 2.45) is 4.99 Å². The summed E-state index contributed by atoms with van der Waals surface area (Å²) in [6.07, 6.45) is -4.71. The second kappa shape index (κ2) is 8.32. The van der Waals surface area contributed by atoms with Gasteiger partial charge in [0.05, 0.1) is 22.8 Å². The number of hydrogen-bond acceptors (Lipinski definition) is 5. The fraction of sp³-hybridized carbons (Fsp3) is 0.235. The van der Waals surface area contributed by atoms with Crippen LogP contribution in [0.4, 0.5) is 24.5 Å². The van der Waals surface area contributed by atoms with Gasteiger partial charge in [0.15, 0.2) is 0 Å². The SMILES string of the molecule is CCOC(=Nc1cccc(C(F)(F)F)c1)OCc1cccc([N+](=O)[O-])c1. The first-order chi connectivity index (χ1) is 12.3. The Labute approximate surface area is 147 Å². The van der Waals surface area contributed by atoms with Crippen molar-refractivity contribution in [3.8, 4) is 0 Å². The molecule has 0 aliphatic rings. The summed E-state index contributed by atoms with van der Waals surface area (Å²) in [7, 11) is 0. The van der Waals surface area contributed by atoms with Gasteiger partial charge in [-0.05, 0) is 30.7 Å². The molecule has 0 saturated heterocycles. The average molecular weight is 368 g/mol. The maximum atomic E-state index is 12.8. The Balaban J connectivity index is 2.17. The van der Waals surface area contributed by atoms with Crippen molar-refractivity contribution in [2.45, 2.75) is 19.7 Å². The molecule has 0 unspecified atom stereocenters. The van der Waals surface area contributed by atoms with Crippen LogP contribution < -0.4 is 0 Å². The Kier molecular flexibility index (Phi) is 6.16. The van der Waals surface area contributed by atoms with Gasteiger partial charge in [-0.15, -0.1) is 0 Å². The zero-order valence-electron chi connectivity index (χ0n) is 13.7. The third-order valence-corrected chi connectivity index (χ3v) is 3.15. The van der Waals surface area contributed by atoms with Gasteiger partial charge in [-0.2, -0.15) is 18.2 Å². The molecule has 0 aliphatic carbocycles. The summed E-state index contributed by atoms with van der Waals surface area (Å²) in [6.45, 7) is 1.77. The van der Waals surface area contributed by atoms with Gasteiger partial charge in [-0.1, -0.05) is 18.2 Å². The lowest BCUT2D eigenvalue weighted by molar-refractivity contribution is -0.384. The molecule has 0 aliphatic heterocycles. The number of alkyl halides is 3. The van der Waals surface area contributed by atoms with Crippen molar-refractivity contribution in [1.82, 2.24) is 0 Å². The molecule has 0 heterocycles. The Morgan fingerprint density at radius 2 is 1.88 bits per heavy atom. The third-order valence-electron chi connectivity index (χ3n) is 3.15. The molecule has 0 saturated carbocycles. The highest BCUT2D eigenvalue weighted by atomic mass is 19.4. The largest absolute Gasteiger partial charge is 0.451 e.